The van der Waals surface area contributed by atoms with Crippen molar-refractivity contribution >= 4 is 11.7 Å². The van der Waals surface area contributed by atoms with Gasteiger partial charge in [0.25, 0.3) is 5.91 Å². The number of nitrogens with two attached hydrogens (primary N) is 1. The molecule has 1 aromatic heterocycles. The Morgan fingerprint density at radius 2 is 2.44 bits per heavy atom. The Bertz CT molecular complexity index is 360. The highest BCUT2D eigenvalue weighted by Crippen LogP contribution is 2.10. The van der Waals surface area contributed by atoms with E-state index in [0.29, 0.717) is 24.9 Å². The molecular weight excluding hydrogens is 208 g/mol. The molecule has 1 atom stereocenters. The van der Waals surface area contributed by atoms with E-state index in [4.69, 9.17) is 10.5 Å². The molecule has 3 N–H and O–H groups in total. The third kappa shape index (κ3) is 2.66. The van der Waals surface area contributed by atoms with Crippen molar-refractivity contribution in [2.24, 2.45) is 5.92 Å². The summed E-state index contributed by atoms with van der Waals surface area (Å²) in [6.45, 7) is 2.11. The smallest absolute Gasteiger partial charge is 0.271 e. The average Bonchev–Trinajstić information content (AvgIpc) is 2.80. The number of anilines is 1. The zero-order chi connectivity index (χ0) is 11.4. The Labute approximate surface area is 93.2 Å². The van der Waals surface area contributed by atoms with Gasteiger partial charge in [-0.15, -0.1) is 10.2 Å². The lowest BCUT2D eigenvalue weighted by atomic mass is 10.1. The second-order valence-electron chi connectivity index (χ2n) is 3.78. The molecule has 0 aromatic carbocycles. The summed E-state index contributed by atoms with van der Waals surface area (Å²) >= 11 is 0. The molecule has 1 aliphatic heterocycles. The van der Waals surface area contributed by atoms with Crippen LogP contribution in [0.5, 0.6) is 0 Å². The molecule has 1 aliphatic rings. The van der Waals surface area contributed by atoms with E-state index in [1.54, 1.807) is 12.1 Å². The maximum atomic E-state index is 11.6. The van der Waals surface area contributed by atoms with Crippen LogP contribution in [-0.4, -0.2) is 35.9 Å². The minimum Gasteiger partial charge on any atom is -0.382 e. The molecule has 1 fully saturated rings. The highest BCUT2D eigenvalue weighted by Gasteiger charge is 2.17. The summed E-state index contributed by atoms with van der Waals surface area (Å²) in [4.78, 5) is 11.6. The summed E-state index contributed by atoms with van der Waals surface area (Å²) in [7, 11) is 0. The molecule has 1 unspecified atom stereocenters. The Morgan fingerprint density at radius 1 is 1.56 bits per heavy atom. The molecule has 2 heterocycles. The van der Waals surface area contributed by atoms with E-state index in [-0.39, 0.29) is 11.6 Å². The summed E-state index contributed by atoms with van der Waals surface area (Å²) in [5.74, 6) is 0.492. The topological polar surface area (TPSA) is 90.1 Å². The van der Waals surface area contributed by atoms with Crippen LogP contribution in [0.2, 0.25) is 0 Å². The molecule has 1 amide bonds. The van der Waals surface area contributed by atoms with Gasteiger partial charge in [-0.05, 0) is 18.6 Å². The summed E-state index contributed by atoms with van der Waals surface area (Å²) in [5.41, 5.74) is 5.66. The minimum absolute atomic E-state index is 0.223. The molecule has 2 rings (SSSR count). The van der Waals surface area contributed by atoms with Gasteiger partial charge in [0, 0.05) is 19.1 Å². The Hall–Kier alpha value is -1.69. The van der Waals surface area contributed by atoms with Crippen molar-refractivity contribution in [2.75, 3.05) is 25.5 Å². The maximum absolute atomic E-state index is 11.6. The van der Waals surface area contributed by atoms with E-state index in [2.05, 4.69) is 15.5 Å². The first-order chi connectivity index (χ1) is 7.75. The molecule has 0 aliphatic carbocycles. The molecular formula is C10H14N4O2. The standard InChI is InChI=1S/C10H14N4O2/c11-9-2-1-8(13-14-9)10(15)12-5-7-3-4-16-6-7/h1-2,7H,3-6H2,(H2,11,14)(H,12,15). The fourth-order valence-electron chi connectivity index (χ4n) is 1.54. The lowest BCUT2D eigenvalue weighted by molar-refractivity contribution is 0.0939. The number of amides is 1. The number of nitrogens with one attached hydrogen (secondary N) is 1. The lowest BCUT2D eigenvalue weighted by Crippen LogP contribution is -2.30. The van der Waals surface area contributed by atoms with Crippen molar-refractivity contribution in [1.29, 1.82) is 0 Å². The first kappa shape index (κ1) is 10.8. The number of carbonyl (C=O) groups excluding carboxylic acids is 1. The van der Waals surface area contributed by atoms with Gasteiger partial charge in [-0.1, -0.05) is 0 Å². The van der Waals surface area contributed by atoms with Crippen LogP contribution in [0, 0.1) is 5.92 Å². The third-order valence-electron chi connectivity index (χ3n) is 2.49. The Balaban J connectivity index is 1.85. The predicted octanol–water partition coefficient (Wildman–Crippen LogP) is -0.175. The maximum Gasteiger partial charge on any atom is 0.271 e. The monoisotopic (exact) mass is 222 g/mol. The number of hydrogen-bond acceptors (Lipinski definition) is 5. The number of aromatic nitrogens is 2. The van der Waals surface area contributed by atoms with E-state index < -0.39 is 0 Å². The van der Waals surface area contributed by atoms with Crippen LogP contribution in [0.3, 0.4) is 0 Å². The highest BCUT2D eigenvalue weighted by molar-refractivity contribution is 5.92. The van der Waals surface area contributed by atoms with E-state index in [1.807, 2.05) is 0 Å². The zero-order valence-corrected chi connectivity index (χ0v) is 8.85. The van der Waals surface area contributed by atoms with Gasteiger partial charge < -0.3 is 15.8 Å². The van der Waals surface area contributed by atoms with Gasteiger partial charge in [-0.3, -0.25) is 4.79 Å². The molecule has 1 aromatic rings. The number of hydrogen-bond donors (Lipinski definition) is 2. The summed E-state index contributed by atoms with van der Waals surface area (Å²) in [6.07, 6.45) is 0.994. The number of nitrogens with zero attached hydrogens (tertiary/aromatic N) is 2. The SMILES string of the molecule is Nc1ccc(C(=O)NCC2CCOC2)nn1. The number of rotatable bonds is 3. The summed E-state index contributed by atoms with van der Waals surface area (Å²) < 4.78 is 5.22. The van der Waals surface area contributed by atoms with Crippen molar-refractivity contribution in [1.82, 2.24) is 15.5 Å². The van der Waals surface area contributed by atoms with Crippen molar-refractivity contribution in [3.8, 4) is 0 Å². The fourth-order valence-corrected chi connectivity index (χ4v) is 1.54. The van der Waals surface area contributed by atoms with E-state index >= 15 is 0 Å². The van der Waals surface area contributed by atoms with Gasteiger partial charge in [0.05, 0.1) is 6.61 Å². The van der Waals surface area contributed by atoms with Gasteiger partial charge in [0.2, 0.25) is 0 Å². The van der Waals surface area contributed by atoms with Crippen molar-refractivity contribution < 1.29 is 9.53 Å². The first-order valence-corrected chi connectivity index (χ1v) is 5.21. The zero-order valence-electron chi connectivity index (χ0n) is 8.85. The number of nitrogen functional groups attached to an aromatic ring is 1. The summed E-state index contributed by atoms with van der Waals surface area (Å²) in [5, 5.41) is 10.1. The Morgan fingerprint density at radius 3 is 3.06 bits per heavy atom. The van der Waals surface area contributed by atoms with Gasteiger partial charge in [-0.25, -0.2) is 0 Å². The van der Waals surface area contributed by atoms with Crippen LogP contribution in [0.4, 0.5) is 5.82 Å². The van der Waals surface area contributed by atoms with Gasteiger partial charge in [0.15, 0.2) is 5.69 Å². The van der Waals surface area contributed by atoms with Crippen LogP contribution in [-0.2, 0) is 4.74 Å². The van der Waals surface area contributed by atoms with Crippen LogP contribution in [0.25, 0.3) is 0 Å². The molecule has 6 nitrogen and oxygen atoms in total. The number of ether oxygens (including phenoxy) is 1. The van der Waals surface area contributed by atoms with E-state index in [9.17, 15) is 4.79 Å². The molecule has 86 valence electrons. The van der Waals surface area contributed by atoms with Crippen LogP contribution < -0.4 is 11.1 Å². The predicted molar refractivity (Wildman–Crippen MR) is 57.7 cm³/mol. The molecule has 16 heavy (non-hydrogen) atoms. The second kappa shape index (κ2) is 4.89. The van der Waals surface area contributed by atoms with Gasteiger partial charge in [-0.2, -0.15) is 0 Å². The van der Waals surface area contributed by atoms with Crippen molar-refractivity contribution in [2.45, 2.75) is 6.42 Å². The quantitative estimate of drug-likeness (QED) is 0.740. The van der Waals surface area contributed by atoms with Crippen molar-refractivity contribution in [3.63, 3.8) is 0 Å². The molecule has 0 spiro atoms. The second-order valence-corrected chi connectivity index (χ2v) is 3.78. The highest BCUT2D eigenvalue weighted by atomic mass is 16.5. The largest absolute Gasteiger partial charge is 0.382 e. The first-order valence-electron chi connectivity index (χ1n) is 5.21. The average molecular weight is 222 g/mol. The molecule has 0 saturated carbocycles. The molecule has 0 radical (unpaired) electrons. The number of carbonyl (C=O) groups is 1. The molecule has 0 bridgehead atoms. The normalized spacial score (nSPS) is 19.6. The van der Waals surface area contributed by atoms with Crippen LogP contribution in [0.15, 0.2) is 12.1 Å². The van der Waals surface area contributed by atoms with Crippen LogP contribution in [0.1, 0.15) is 16.9 Å². The van der Waals surface area contributed by atoms with E-state index in [0.717, 1.165) is 13.0 Å². The van der Waals surface area contributed by atoms with E-state index in [1.165, 1.54) is 0 Å². The minimum atomic E-state index is -0.223. The molecule has 1 saturated heterocycles. The molecule has 6 heteroatoms. The van der Waals surface area contributed by atoms with Gasteiger partial charge >= 0.3 is 0 Å². The fraction of sp³-hybridized carbons (Fsp3) is 0.500. The van der Waals surface area contributed by atoms with Gasteiger partial charge in [0.1, 0.15) is 5.82 Å². The Kier molecular flexibility index (Phi) is 3.31. The van der Waals surface area contributed by atoms with Crippen molar-refractivity contribution in [3.05, 3.63) is 17.8 Å². The third-order valence-corrected chi connectivity index (χ3v) is 2.49. The lowest BCUT2D eigenvalue weighted by Gasteiger charge is -2.08. The van der Waals surface area contributed by atoms with Crippen LogP contribution >= 0.6 is 0 Å². The summed E-state index contributed by atoms with van der Waals surface area (Å²) in [6, 6.07) is 3.11.